The topological polar surface area (TPSA) is 57.5 Å². The van der Waals surface area contributed by atoms with E-state index in [2.05, 4.69) is 0 Å². The van der Waals surface area contributed by atoms with E-state index in [1.807, 2.05) is 31.2 Å². The zero-order valence-corrected chi connectivity index (χ0v) is 10.7. The van der Waals surface area contributed by atoms with Crippen LogP contribution in [-0.2, 0) is 11.2 Å². The first kappa shape index (κ1) is 13.1. The molecule has 0 unspecified atom stereocenters. The van der Waals surface area contributed by atoms with Crippen molar-refractivity contribution in [3.8, 4) is 11.5 Å². The first-order chi connectivity index (χ1) is 9.10. The molecule has 2 aromatic rings. The monoisotopic (exact) mass is 256 g/mol. The lowest BCUT2D eigenvalue weighted by Crippen LogP contribution is -2.04. The fourth-order valence-corrected chi connectivity index (χ4v) is 2.02. The van der Waals surface area contributed by atoms with Crippen LogP contribution >= 0.6 is 0 Å². The Morgan fingerprint density at radius 3 is 2.37 bits per heavy atom. The molecule has 0 spiro atoms. The van der Waals surface area contributed by atoms with Crippen LogP contribution in [-0.4, -0.2) is 16.5 Å². The molecule has 1 atom stereocenters. The Morgan fingerprint density at radius 1 is 1.11 bits per heavy atom. The second kappa shape index (κ2) is 5.57. The summed E-state index contributed by atoms with van der Waals surface area (Å²) in [7, 11) is 0. The summed E-state index contributed by atoms with van der Waals surface area (Å²) < 4.78 is 0. The van der Waals surface area contributed by atoms with Gasteiger partial charge < -0.3 is 15.0 Å². The van der Waals surface area contributed by atoms with Gasteiger partial charge in [-0.2, -0.15) is 0 Å². The van der Waals surface area contributed by atoms with Gasteiger partial charge in [-0.1, -0.05) is 35.9 Å². The summed E-state index contributed by atoms with van der Waals surface area (Å²) in [4.78, 5) is 11.2. The number of benzene rings is 2. The molecule has 3 nitrogen and oxygen atoms in total. The molecule has 0 radical (unpaired) electrons. The molecule has 2 N–H and O–H groups in total. The second-order valence-electron chi connectivity index (χ2n) is 4.67. The van der Waals surface area contributed by atoms with E-state index in [9.17, 15) is 15.0 Å². The van der Waals surface area contributed by atoms with Gasteiger partial charge in [0.2, 0.25) is 0 Å². The highest BCUT2D eigenvalue weighted by molar-refractivity contribution is 5.63. The summed E-state index contributed by atoms with van der Waals surface area (Å²) in [5.41, 5.74) is 2.71. The van der Waals surface area contributed by atoms with Crippen LogP contribution in [0.25, 0.3) is 0 Å². The van der Waals surface area contributed by atoms with Crippen LogP contribution < -0.4 is 0 Å². The summed E-state index contributed by atoms with van der Waals surface area (Å²) >= 11 is 0. The number of rotatable bonds is 4. The maximum Gasteiger partial charge on any atom is 0.127 e. The Bertz CT molecular complexity index is 573. The molecule has 2 aromatic carbocycles. The van der Waals surface area contributed by atoms with Gasteiger partial charge in [-0.15, -0.1) is 0 Å². The van der Waals surface area contributed by atoms with Crippen LogP contribution in [0.2, 0.25) is 0 Å². The standard InChI is InChI=1S/C16H16O3/c1-11-2-4-12(5-3-11)14(10-17)8-13-6-7-15(18)9-16(13)19/h2-7,9-10,14,18-19H,8H2,1H3/t14-/m1/s1. The lowest BCUT2D eigenvalue weighted by molar-refractivity contribution is -0.109. The molecule has 0 aliphatic carbocycles. The molecule has 0 aliphatic rings. The third kappa shape index (κ3) is 3.13. The normalized spacial score (nSPS) is 12.1. The summed E-state index contributed by atoms with van der Waals surface area (Å²) in [6.07, 6.45) is 1.30. The van der Waals surface area contributed by atoms with Gasteiger partial charge in [-0.25, -0.2) is 0 Å². The van der Waals surface area contributed by atoms with Crippen LogP contribution in [0.1, 0.15) is 22.6 Å². The van der Waals surface area contributed by atoms with E-state index in [0.717, 1.165) is 17.4 Å². The number of phenols is 2. The number of aldehydes is 1. The molecule has 0 saturated carbocycles. The Balaban J connectivity index is 2.23. The fraction of sp³-hybridized carbons (Fsp3) is 0.188. The highest BCUT2D eigenvalue weighted by Gasteiger charge is 2.13. The molecular weight excluding hydrogens is 240 g/mol. The molecular formula is C16H16O3. The van der Waals surface area contributed by atoms with Gasteiger partial charge in [0.1, 0.15) is 17.8 Å². The second-order valence-corrected chi connectivity index (χ2v) is 4.67. The van der Waals surface area contributed by atoms with Crippen molar-refractivity contribution in [2.75, 3.05) is 0 Å². The first-order valence-corrected chi connectivity index (χ1v) is 6.13. The van der Waals surface area contributed by atoms with Gasteiger partial charge in [0.05, 0.1) is 0 Å². The summed E-state index contributed by atoms with van der Waals surface area (Å²) in [5, 5.41) is 19.0. The van der Waals surface area contributed by atoms with Crippen molar-refractivity contribution in [3.63, 3.8) is 0 Å². The summed E-state index contributed by atoms with van der Waals surface area (Å²) in [5.74, 6) is -0.269. The van der Waals surface area contributed by atoms with Gasteiger partial charge in [-0.3, -0.25) is 0 Å². The molecule has 0 aliphatic heterocycles. The van der Waals surface area contributed by atoms with E-state index in [-0.39, 0.29) is 17.4 Å². The molecule has 2 rings (SSSR count). The Hall–Kier alpha value is -2.29. The third-order valence-corrected chi connectivity index (χ3v) is 3.18. The van der Waals surface area contributed by atoms with Crippen LogP contribution in [0.3, 0.4) is 0 Å². The average molecular weight is 256 g/mol. The van der Waals surface area contributed by atoms with Gasteiger partial charge in [-0.05, 0) is 30.5 Å². The number of aryl methyl sites for hydroxylation is 1. The van der Waals surface area contributed by atoms with E-state index in [1.165, 1.54) is 12.1 Å². The lowest BCUT2D eigenvalue weighted by atomic mass is 9.92. The number of carbonyl (C=O) groups is 1. The van der Waals surface area contributed by atoms with Crippen LogP contribution in [0.5, 0.6) is 11.5 Å². The summed E-state index contributed by atoms with van der Waals surface area (Å²) in [6.45, 7) is 1.99. The Labute approximate surface area is 112 Å². The predicted molar refractivity (Wildman–Crippen MR) is 73.5 cm³/mol. The van der Waals surface area contributed by atoms with Crippen molar-refractivity contribution < 1.29 is 15.0 Å². The molecule has 0 saturated heterocycles. The molecule has 0 aromatic heterocycles. The number of carbonyl (C=O) groups excluding carboxylic acids is 1. The van der Waals surface area contributed by atoms with Crippen LogP contribution in [0.4, 0.5) is 0 Å². The van der Waals surface area contributed by atoms with Crippen molar-refractivity contribution in [2.45, 2.75) is 19.3 Å². The van der Waals surface area contributed by atoms with Gasteiger partial charge >= 0.3 is 0 Å². The van der Waals surface area contributed by atoms with E-state index >= 15 is 0 Å². The Morgan fingerprint density at radius 2 is 1.79 bits per heavy atom. The van der Waals surface area contributed by atoms with Gasteiger partial charge in [0, 0.05) is 12.0 Å². The largest absolute Gasteiger partial charge is 0.508 e. The summed E-state index contributed by atoms with van der Waals surface area (Å²) in [6, 6.07) is 12.2. The third-order valence-electron chi connectivity index (χ3n) is 3.18. The van der Waals surface area contributed by atoms with Crippen LogP contribution in [0.15, 0.2) is 42.5 Å². The number of aromatic hydroxyl groups is 2. The number of phenolic OH excluding ortho intramolecular Hbond substituents is 2. The minimum atomic E-state index is -0.295. The highest BCUT2D eigenvalue weighted by Crippen LogP contribution is 2.27. The number of hydrogen-bond acceptors (Lipinski definition) is 3. The maximum absolute atomic E-state index is 11.2. The zero-order valence-electron chi connectivity index (χ0n) is 10.7. The molecule has 19 heavy (non-hydrogen) atoms. The fourth-order valence-electron chi connectivity index (χ4n) is 2.02. The smallest absolute Gasteiger partial charge is 0.127 e. The van der Waals surface area contributed by atoms with E-state index in [4.69, 9.17) is 0 Å². The van der Waals surface area contributed by atoms with Crippen molar-refractivity contribution in [2.24, 2.45) is 0 Å². The molecule has 0 fully saturated rings. The minimum absolute atomic E-state index is 0.0129. The molecule has 3 heteroatoms. The average Bonchev–Trinajstić information content (AvgIpc) is 2.39. The molecule has 98 valence electrons. The van der Waals surface area contributed by atoms with Crippen molar-refractivity contribution in [1.82, 2.24) is 0 Å². The molecule has 0 amide bonds. The van der Waals surface area contributed by atoms with Crippen LogP contribution in [0, 0.1) is 6.92 Å². The first-order valence-electron chi connectivity index (χ1n) is 6.13. The molecule has 0 bridgehead atoms. The van der Waals surface area contributed by atoms with Crippen molar-refractivity contribution >= 4 is 6.29 Å². The quantitative estimate of drug-likeness (QED) is 0.827. The SMILES string of the molecule is Cc1ccc([C@@H](C=O)Cc2ccc(O)cc2O)cc1. The van der Waals surface area contributed by atoms with Gasteiger partial charge in [0.15, 0.2) is 0 Å². The highest BCUT2D eigenvalue weighted by atomic mass is 16.3. The molecule has 0 heterocycles. The van der Waals surface area contributed by atoms with E-state index in [1.54, 1.807) is 6.07 Å². The maximum atomic E-state index is 11.2. The zero-order chi connectivity index (χ0) is 13.8. The predicted octanol–water partition coefficient (Wildman–Crippen LogP) is 2.93. The van der Waals surface area contributed by atoms with Crippen molar-refractivity contribution in [1.29, 1.82) is 0 Å². The van der Waals surface area contributed by atoms with Crippen molar-refractivity contribution in [3.05, 3.63) is 59.2 Å². The number of hydrogen-bond donors (Lipinski definition) is 2. The van der Waals surface area contributed by atoms with Gasteiger partial charge in [0.25, 0.3) is 0 Å². The Kier molecular flexibility index (Phi) is 3.85. The van der Waals surface area contributed by atoms with E-state index < -0.39 is 0 Å². The lowest BCUT2D eigenvalue weighted by Gasteiger charge is -2.12. The minimum Gasteiger partial charge on any atom is -0.508 e. The van der Waals surface area contributed by atoms with E-state index in [0.29, 0.717) is 12.0 Å².